The highest BCUT2D eigenvalue weighted by molar-refractivity contribution is 8.15. The Kier molecular flexibility index (Phi) is 8.54. The maximum atomic E-state index is 12.2. The van der Waals surface area contributed by atoms with Gasteiger partial charge in [0.15, 0.2) is 0 Å². The number of unbranched alkanes of at least 4 members (excludes halogenated alkanes) is 1. The zero-order valence-electron chi connectivity index (χ0n) is 20.6. The van der Waals surface area contributed by atoms with Gasteiger partial charge in [-0.25, -0.2) is 0 Å². The average Bonchev–Trinajstić information content (AvgIpc) is 3.15. The second kappa shape index (κ2) is 12.0. The van der Waals surface area contributed by atoms with Gasteiger partial charge in [-0.15, -0.1) is 0 Å². The number of ether oxygens (including phenoxy) is 3. The fourth-order valence-corrected chi connectivity index (χ4v) is 4.87. The minimum atomic E-state index is -0.928. The molecule has 2 amide bonds. The van der Waals surface area contributed by atoms with Crippen LogP contribution in [0.25, 0.3) is 0 Å². The number of rotatable bonds is 12. The quantitative estimate of drug-likeness (QED) is 0.271. The molecule has 0 radical (unpaired) electrons. The summed E-state index contributed by atoms with van der Waals surface area (Å²) < 4.78 is 17.0. The van der Waals surface area contributed by atoms with Crippen molar-refractivity contribution in [1.82, 2.24) is 5.32 Å². The largest absolute Gasteiger partial charge is 0.494 e. The van der Waals surface area contributed by atoms with Gasteiger partial charge in [-0.3, -0.25) is 14.9 Å². The Balaban J connectivity index is 1.25. The van der Waals surface area contributed by atoms with E-state index in [1.807, 2.05) is 66.7 Å². The third-order valence-electron chi connectivity index (χ3n) is 5.93. The monoisotopic (exact) mass is 505 g/mol. The predicted molar refractivity (Wildman–Crippen MR) is 142 cm³/mol. The van der Waals surface area contributed by atoms with Gasteiger partial charge in [-0.05, 0) is 91.5 Å². The molecule has 3 aromatic rings. The van der Waals surface area contributed by atoms with Crippen LogP contribution in [0.3, 0.4) is 0 Å². The molecule has 188 valence electrons. The third-order valence-corrected chi connectivity index (χ3v) is 7.04. The van der Waals surface area contributed by atoms with Crippen LogP contribution in [-0.2, 0) is 16.0 Å². The molecule has 1 saturated heterocycles. The molecular formula is C29H31NO5S. The van der Waals surface area contributed by atoms with Crippen LogP contribution in [0.2, 0.25) is 0 Å². The Morgan fingerprint density at radius 3 is 2.31 bits per heavy atom. The van der Waals surface area contributed by atoms with Gasteiger partial charge in [-0.1, -0.05) is 43.7 Å². The highest BCUT2D eigenvalue weighted by atomic mass is 32.2. The van der Waals surface area contributed by atoms with Gasteiger partial charge in [0, 0.05) is 0 Å². The molecule has 1 fully saturated rings. The highest BCUT2D eigenvalue weighted by Crippen LogP contribution is 2.41. The molecule has 36 heavy (non-hydrogen) atoms. The van der Waals surface area contributed by atoms with Crippen molar-refractivity contribution >= 4 is 22.9 Å². The van der Waals surface area contributed by atoms with Crippen LogP contribution in [0.5, 0.6) is 23.0 Å². The summed E-state index contributed by atoms with van der Waals surface area (Å²) in [5.41, 5.74) is 1.89. The Morgan fingerprint density at radius 1 is 0.833 bits per heavy atom. The molecule has 0 bridgehead atoms. The number of hydrogen-bond donors (Lipinski definition) is 1. The van der Waals surface area contributed by atoms with Gasteiger partial charge in [-0.2, -0.15) is 0 Å². The fourth-order valence-electron chi connectivity index (χ4n) is 3.97. The lowest BCUT2D eigenvalue weighted by atomic mass is 9.99. The van der Waals surface area contributed by atoms with Crippen molar-refractivity contribution in [3.63, 3.8) is 0 Å². The SMILES string of the molecule is CCCc1cc(Oc2ccccc2)ccc1OCCCCOc1cccc(C2(C)SC(=O)NC2=O)c1. The Hall–Kier alpha value is -3.45. The summed E-state index contributed by atoms with van der Waals surface area (Å²) in [4.78, 5) is 23.9. The molecule has 3 aromatic carbocycles. The molecule has 7 heteroatoms. The molecule has 0 saturated carbocycles. The van der Waals surface area contributed by atoms with Crippen molar-refractivity contribution in [2.75, 3.05) is 13.2 Å². The van der Waals surface area contributed by atoms with Gasteiger partial charge in [0.05, 0.1) is 13.2 Å². The van der Waals surface area contributed by atoms with Crippen molar-refractivity contribution in [2.24, 2.45) is 0 Å². The number of thioether (sulfide) groups is 1. The second-order valence-corrected chi connectivity index (χ2v) is 10.1. The molecule has 1 N–H and O–H groups in total. The Bertz CT molecular complexity index is 1200. The number of carbonyl (C=O) groups is 2. The number of imide groups is 1. The lowest BCUT2D eigenvalue weighted by Gasteiger charge is -2.19. The van der Waals surface area contributed by atoms with Gasteiger partial charge in [0.1, 0.15) is 27.7 Å². The van der Waals surface area contributed by atoms with Gasteiger partial charge < -0.3 is 14.2 Å². The summed E-state index contributed by atoms with van der Waals surface area (Å²) in [7, 11) is 0. The first-order valence-corrected chi connectivity index (χ1v) is 13.1. The van der Waals surface area contributed by atoms with E-state index in [2.05, 4.69) is 18.3 Å². The molecule has 0 aliphatic carbocycles. The van der Waals surface area contributed by atoms with Crippen LogP contribution in [0.1, 0.15) is 44.2 Å². The minimum Gasteiger partial charge on any atom is -0.494 e. The van der Waals surface area contributed by atoms with E-state index >= 15 is 0 Å². The maximum Gasteiger partial charge on any atom is 0.287 e. The van der Waals surface area contributed by atoms with E-state index in [4.69, 9.17) is 14.2 Å². The standard InChI is InChI=1S/C29H31NO5S/c1-3-10-21-19-25(35-23-12-5-4-6-13-23)15-16-26(21)34-18-8-7-17-33-24-14-9-11-22(20-24)29(2)27(31)30-28(32)36-29/h4-6,9,11-16,19-20H,3,7-8,10,17-18H2,1-2H3,(H,30,31,32). The predicted octanol–water partition coefficient (Wildman–Crippen LogP) is 6.87. The number of para-hydroxylation sites is 1. The van der Waals surface area contributed by atoms with Crippen molar-refractivity contribution in [3.05, 3.63) is 83.9 Å². The topological polar surface area (TPSA) is 73.9 Å². The van der Waals surface area contributed by atoms with E-state index in [1.165, 1.54) is 0 Å². The Morgan fingerprint density at radius 2 is 1.58 bits per heavy atom. The van der Waals surface area contributed by atoms with Crippen LogP contribution in [0, 0.1) is 0 Å². The smallest absolute Gasteiger partial charge is 0.287 e. The van der Waals surface area contributed by atoms with Gasteiger partial charge in [0.25, 0.3) is 5.24 Å². The molecule has 1 heterocycles. The number of carbonyl (C=O) groups excluding carboxylic acids is 2. The van der Waals surface area contributed by atoms with E-state index < -0.39 is 4.75 Å². The van der Waals surface area contributed by atoms with Crippen molar-refractivity contribution in [1.29, 1.82) is 0 Å². The number of aryl methyl sites for hydroxylation is 1. The highest BCUT2D eigenvalue weighted by Gasteiger charge is 2.45. The van der Waals surface area contributed by atoms with Crippen LogP contribution >= 0.6 is 11.8 Å². The molecule has 0 spiro atoms. The number of nitrogens with one attached hydrogen (secondary N) is 1. The van der Waals surface area contributed by atoms with Crippen molar-refractivity contribution in [2.45, 2.75) is 44.3 Å². The van der Waals surface area contributed by atoms with E-state index in [-0.39, 0.29) is 11.1 Å². The summed E-state index contributed by atoms with van der Waals surface area (Å²) in [5.74, 6) is 2.89. The zero-order valence-corrected chi connectivity index (χ0v) is 21.4. The van der Waals surface area contributed by atoms with Crippen LogP contribution in [-0.4, -0.2) is 24.4 Å². The fraction of sp³-hybridized carbons (Fsp3) is 0.310. The van der Waals surface area contributed by atoms with E-state index in [0.29, 0.717) is 19.0 Å². The maximum absolute atomic E-state index is 12.2. The normalized spacial score (nSPS) is 17.1. The molecule has 1 atom stereocenters. The first kappa shape index (κ1) is 25.6. The summed E-state index contributed by atoms with van der Waals surface area (Å²) in [6.07, 6.45) is 3.61. The van der Waals surface area contributed by atoms with Gasteiger partial charge >= 0.3 is 0 Å². The second-order valence-electron chi connectivity index (χ2n) is 8.74. The third kappa shape index (κ3) is 6.40. The molecule has 6 nitrogen and oxygen atoms in total. The first-order chi connectivity index (χ1) is 17.5. The van der Waals surface area contributed by atoms with Crippen LogP contribution in [0.15, 0.2) is 72.8 Å². The number of benzene rings is 3. The van der Waals surface area contributed by atoms with Crippen LogP contribution in [0.4, 0.5) is 4.79 Å². The molecular weight excluding hydrogens is 474 g/mol. The molecule has 1 unspecified atom stereocenters. The summed E-state index contributed by atoms with van der Waals surface area (Å²) in [5, 5.41) is 2.03. The summed E-state index contributed by atoms with van der Waals surface area (Å²) in [6.45, 7) is 5.03. The molecule has 0 aromatic heterocycles. The molecule has 1 aliphatic heterocycles. The van der Waals surface area contributed by atoms with Gasteiger partial charge in [0.2, 0.25) is 5.91 Å². The molecule has 4 rings (SSSR count). The molecule has 1 aliphatic rings. The van der Waals surface area contributed by atoms with E-state index in [9.17, 15) is 9.59 Å². The van der Waals surface area contributed by atoms with E-state index in [1.54, 1.807) is 6.92 Å². The lowest BCUT2D eigenvalue weighted by molar-refractivity contribution is -0.121. The summed E-state index contributed by atoms with van der Waals surface area (Å²) >= 11 is 0.997. The average molecular weight is 506 g/mol. The van der Waals surface area contributed by atoms with E-state index in [0.717, 1.165) is 65.8 Å². The minimum absolute atomic E-state index is 0.297. The summed E-state index contributed by atoms with van der Waals surface area (Å²) in [6, 6.07) is 23.1. The van der Waals surface area contributed by atoms with Crippen LogP contribution < -0.4 is 19.5 Å². The van der Waals surface area contributed by atoms with Crippen molar-refractivity contribution in [3.8, 4) is 23.0 Å². The first-order valence-electron chi connectivity index (χ1n) is 12.2. The van der Waals surface area contributed by atoms with Crippen molar-refractivity contribution < 1.29 is 23.8 Å². The number of hydrogen-bond acceptors (Lipinski definition) is 6. The zero-order chi connectivity index (χ0) is 25.4. The lowest BCUT2D eigenvalue weighted by Crippen LogP contribution is -2.31. The number of amides is 2. The Labute approximate surface area is 216 Å².